The van der Waals surface area contributed by atoms with Crippen molar-refractivity contribution in [3.63, 3.8) is 0 Å². The summed E-state index contributed by atoms with van der Waals surface area (Å²) in [6.45, 7) is 14.9. The maximum absolute atomic E-state index is 12.3. The largest absolute Gasteiger partial charge is 0.515 e. The molecule has 1 aliphatic carbocycles. The first-order valence-electron chi connectivity index (χ1n) is 6.99. The first-order valence-corrected chi connectivity index (χ1v) is 9.90. The standard InChI is InChI=1S/C15H28O3Si/c1-14(2,3)19(6,7)18-12-9-8-11(10-16)13(17)15(12,4)5/h10,12,16H,8-9H2,1-7H3/b11-10+/t12-/m0/s1. The SMILES string of the molecule is CC1(C)C(=O)/C(=C/O)CC[C@@H]1O[Si](C)(C)C(C)(C)C. The Morgan fingerprint density at radius 3 is 2.32 bits per heavy atom. The van der Waals surface area contributed by atoms with Crippen molar-refractivity contribution in [1.29, 1.82) is 0 Å². The summed E-state index contributed by atoms with van der Waals surface area (Å²) in [6, 6.07) is 0. The van der Waals surface area contributed by atoms with Gasteiger partial charge in [-0.2, -0.15) is 0 Å². The fourth-order valence-electron chi connectivity index (χ4n) is 2.18. The highest BCUT2D eigenvalue weighted by atomic mass is 28.4. The van der Waals surface area contributed by atoms with Crippen LogP contribution in [0.2, 0.25) is 18.1 Å². The molecule has 1 saturated carbocycles. The zero-order chi connectivity index (χ0) is 15.1. The number of allylic oxidation sites excluding steroid dienone is 1. The maximum atomic E-state index is 12.3. The molecule has 1 N–H and O–H groups in total. The van der Waals surface area contributed by atoms with E-state index in [4.69, 9.17) is 9.53 Å². The number of hydrogen-bond donors (Lipinski definition) is 1. The van der Waals surface area contributed by atoms with E-state index in [9.17, 15) is 4.79 Å². The van der Waals surface area contributed by atoms with Crippen molar-refractivity contribution in [2.75, 3.05) is 0 Å². The van der Waals surface area contributed by atoms with Crippen LogP contribution in [0.1, 0.15) is 47.5 Å². The molecular formula is C15H28O3Si. The molecule has 0 heterocycles. The number of carbonyl (C=O) groups excluding carboxylic acids is 1. The van der Waals surface area contributed by atoms with Crippen molar-refractivity contribution in [3.8, 4) is 0 Å². The highest BCUT2D eigenvalue weighted by Gasteiger charge is 2.47. The predicted octanol–water partition coefficient (Wildman–Crippen LogP) is 4.21. The van der Waals surface area contributed by atoms with Gasteiger partial charge in [0.05, 0.1) is 17.8 Å². The number of hydrogen-bond acceptors (Lipinski definition) is 3. The molecule has 0 radical (unpaired) electrons. The monoisotopic (exact) mass is 284 g/mol. The topological polar surface area (TPSA) is 46.5 Å². The first-order chi connectivity index (χ1) is 8.43. The average molecular weight is 284 g/mol. The molecule has 0 saturated heterocycles. The van der Waals surface area contributed by atoms with Crippen molar-refractivity contribution in [3.05, 3.63) is 11.8 Å². The van der Waals surface area contributed by atoms with Crippen molar-refractivity contribution >= 4 is 14.1 Å². The molecule has 0 spiro atoms. The third-order valence-corrected chi connectivity index (χ3v) is 9.24. The normalized spacial score (nSPS) is 26.8. The van der Waals surface area contributed by atoms with Crippen LogP contribution in [0.5, 0.6) is 0 Å². The summed E-state index contributed by atoms with van der Waals surface area (Å²) in [6.07, 6.45) is 2.33. The lowest BCUT2D eigenvalue weighted by atomic mass is 9.72. The summed E-state index contributed by atoms with van der Waals surface area (Å²) >= 11 is 0. The number of ketones is 1. The lowest BCUT2D eigenvalue weighted by molar-refractivity contribution is -0.131. The lowest BCUT2D eigenvalue weighted by Crippen LogP contribution is -2.52. The average Bonchev–Trinajstić information content (AvgIpc) is 2.24. The first kappa shape index (κ1) is 16.4. The number of aliphatic hydroxyl groups is 1. The summed E-state index contributed by atoms with van der Waals surface area (Å²) in [5.41, 5.74) is -0.0254. The molecule has 0 aromatic rings. The summed E-state index contributed by atoms with van der Waals surface area (Å²) in [4.78, 5) is 12.3. The predicted molar refractivity (Wildman–Crippen MR) is 80.8 cm³/mol. The number of Topliss-reactive ketones (excluding diaryl/α,β-unsaturated/α-hetero) is 1. The summed E-state index contributed by atoms with van der Waals surface area (Å²) in [5.74, 6) is 0.0185. The van der Waals surface area contributed by atoms with Gasteiger partial charge >= 0.3 is 0 Å². The fraction of sp³-hybridized carbons (Fsp3) is 0.800. The van der Waals surface area contributed by atoms with Crippen molar-refractivity contribution < 1.29 is 14.3 Å². The lowest BCUT2D eigenvalue weighted by Gasteiger charge is -2.45. The third-order valence-electron chi connectivity index (χ3n) is 4.76. The molecule has 0 aliphatic heterocycles. The van der Waals surface area contributed by atoms with E-state index >= 15 is 0 Å². The molecule has 1 atom stereocenters. The Hall–Kier alpha value is -0.613. The van der Waals surface area contributed by atoms with Crippen LogP contribution >= 0.6 is 0 Å². The van der Waals surface area contributed by atoms with Gasteiger partial charge in [0.15, 0.2) is 14.1 Å². The Bertz CT molecular complexity index is 389. The Morgan fingerprint density at radius 2 is 1.89 bits per heavy atom. The molecule has 19 heavy (non-hydrogen) atoms. The van der Waals surface area contributed by atoms with Crippen LogP contribution in [-0.2, 0) is 9.22 Å². The second-order valence-electron chi connectivity index (χ2n) is 7.61. The smallest absolute Gasteiger partial charge is 0.192 e. The minimum absolute atomic E-state index is 0.0185. The molecule has 0 bridgehead atoms. The Balaban J connectivity index is 2.95. The molecule has 4 heteroatoms. The molecule has 1 aliphatic rings. The molecule has 0 aromatic heterocycles. The van der Waals surface area contributed by atoms with Crippen molar-refractivity contribution in [2.24, 2.45) is 5.41 Å². The van der Waals surface area contributed by atoms with E-state index in [1.807, 2.05) is 13.8 Å². The highest BCUT2D eigenvalue weighted by molar-refractivity contribution is 6.74. The van der Waals surface area contributed by atoms with Crippen LogP contribution < -0.4 is 0 Å². The molecule has 0 aromatic carbocycles. The van der Waals surface area contributed by atoms with Gasteiger partial charge in [-0.25, -0.2) is 0 Å². The molecular weight excluding hydrogens is 256 g/mol. The zero-order valence-corrected chi connectivity index (χ0v) is 14.3. The third kappa shape index (κ3) is 3.11. The van der Waals surface area contributed by atoms with Gasteiger partial charge < -0.3 is 9.53 Å². The van der Waals surface area contributed by atoms with Crippen LogP contribution in [-0.4, -0.2) is 25.3 Å². The quantitative estimate of drug-likeness (QED) is 0.469. The molecule has 1 rings (SSSR count). The second-order valence-corrected chi connectivity index (χ2v) is 12.4. The van der Waals surface area contributed by atoms with E-state index < -0.39 is 13.7 Å². The number of carbonyl (C=O) groups is 1. The highest BCUT2D eigenvalue weighted by Crippen LogP contribution is 2.43. The van der Waals surface area contributed by atoms with Gasteiger partial charge in [-0.15, -0.1) is 0 Å². The van der Waals surface area contributed by atoms with E-state index in [2.05, 4.69) is 33.9 Å². The van der Waals surface area contributed by atoms with Crippen molar-refractivity contribution in [1.82, 2.24) is 0 Å². The van der Waals surface area contributed by atoms with Crippen LogP contribution in [0.4, 0.5) is 0 Å². The van der Waals surface area contributed by atoms with Crippen molar-refractivity contribution in [2.45, 2.75) is 71.7 Å². The molecule has 0 unspecified atom stereocenters. The van der Waals surface area contributed by atoms with Crippen LogP contribution in [0, 0.1) is 5.41 Å². The summed E-state index contributed by atoms with van der Waals surface area (Å²) in [5, 5.41) is 9.26. The van der Waals surface area contributed by atoms with Gasteiger partial charge in [-0.1, -0.05) is 34.6 Å². The van der Waals surface area contributed by atoms with Crippen LogP contribution in [0.15, 0.2) is 11.8 Å². The van der Waals surface area contributed by atoms with Gasteiger partial charge in [0.25, 0.3) is 0 Å². The van der Waals surface area contributed by atoms with Gasteiger partial charge in [0, 0.05) is 5.57 Å². The molecule has 110 valence electrons. The minimum atomic E-state index is -1.88. The second kappa shape index (κ2) is 5.06. The van der Waals surface area contributed by atoms with Gasteiger partial charge in [-0.3, -0.25) is 4.79 Å². The van der Waals surface area contributed by atoms with E-state index in [0.29, 0.717) is 12.0 Å². The summed E-state index contributed by atoms with van der Waals surface area (Å²) in [7, 11) is -1.88. The number of rotatable bonds is 2. The molecule has 3 nitrogen and oxygen atoms in total. The molecule has 1 fully saturated rings. The van der Waals surface area contributed by atoms with Gasteiger partial charge in [0.2, 0.25) is 0 Å². The fourth-order valence-corrected chi connectivity index (χ4v) is 3.66. The zero-order valence-electron chi connectivity index (χ0n) is 13.3. The Kier molecular flexibility index (Phi) is 4.38. The van der Waals surface area contributed by atoms with E-state index in [0.717, 1.165) is 12.7 Å². The minimum Gasteiger partial charge on any atom is -0.515 e. The Labute approximate surface area is 118 Å². The number of aliphatic hydroxyl groups excluding tert-OH is 1. The van der Waals surface area contributed by atoms with Gasteiger partial charge in [-0.05, 0) is 31.0 Å². The van der Waals surface area contributed by atoms with Crippen LogP contribution in [0.25, 0.3) is 0 Å². The van der Waals surface area contributed by atoms with Gasteiger partial charge in [0.1, 0.15) is 0 Å². The molecule has 0 amide bonds. The summed E-state index contributed by atoms with van der Waals surface area (Å²) < 4.78 is 6.43. The van der Waals surface area contributed by atoms with E-state index in [1.54, 1.807) is 0 Å². The van der Waals surface area contributed by atoms with E-state index in [1.165, 1.54) is 0 Å². The van der Waals surface area contributed by atoms with Crippen LogP contribution in [0.3, 0.4) is 0 Å². The van der Waals surface area contributed by atoms with E-state index in [-0.39, 0.29) is 16.9 Å². The Morgan fingerprint density at radius 1 is 1.37 bits per heavy atom. The maximum Gasteiger partial charge on any atom is 0.192 e.